The highest BCUT2D eigenvalue weighted by Crippen LogP contribution is 2.36. The summed E-state index contributed by atoms with van der Waals surface area (Å²) in [6.07, 6.45) is 6.19. The maximum atomic E-state index is 15.1. The molecule has 0 radical (unpaired) electrons. The minimum absolute atomic E-state index is 0.102. The van der Waals surface area contributed by atoms with Crippen LogP contribution < -0.4 is 10.1 Å². The number of nitrogens with one attached hydrogen (secondary N) is 1. The maximum Gasteiger partial charge on any atom is 0.325 e. The van der Waals surface area contributed by atoms with Crippen molar-refractivity contribution in [1.82, 2.24) is 14.8 Å². The topological polar surface area (TPSA) is 87.2 Å². The molecule has 5 rings (SSSR count). The van der Waals surface area contributed by atoms with Gasteiger partial charge in [0, 0.05) is 70.0 Å². The van der Waals surface area contributed by atoms with Gasteiger partial charge in [-0.05, 0) is 67.9 Å². The summed E-state index contributed by atoms with van der Waals surface area (Å²) in [5, 5.41) is 13.6. The molecule has 0 saturated carbocycles. The first kappa shape index (κ1) is 31.5. The van der Waals surface area contributed by atoms with Gasteiger partial charge < -0.3 is 19.9 Å². The largest absolute Gasteiger partial charge is 0.493 e. The Morgan fingerprint density at radius 2 is 2.00 bits per heavy atom. The molecule has 2 N–H and O–H groups in total. The number of aromatic nitrogens is 1. The second kappa shape index (κ2) is 14.3. The van der Waals surface area contributed by atoms with Crippen LogP contribution in [0.1, 0.15) is 73.4 Å². The molecule has 0 unspecified atom stereocenters. The molecule has 2 fully saturated rings. The average molecular weight is 605 g/mol. The smallest absolute Gasteiger partial charge is 0.325 e. The number of anilines is 1. The number of fused-ring (bicyclic) bond motifs is 1. The Balaban J connectivity index is 1.12. The molecular formula is C32H43F3N4O4. The first-order valence-corrected chi connectivity index (χ1v) is 15.5. The first-order chi connectivity index (χ1) is 20.7. The SMILES string of the molecule is COc1c(F)cc(CN2CCC(F)(F)CC2)cc1[C@@H](C(=O)O)N1CC[C@@H](OCCCCCc2ccc3c(n2)NCCC3)C1. The fourth-order valence-electron chi connectivity index (χ4n) is 6.43. The van der Waals surface area contributed by atoms with Crippen LogP contribution in [-0.2, 0) is 28.9 Å². The fraction of sp³-hybridized carbons (Fsp3) is 0.625. The number of aliphatic carboxylic acids is 1. The van der Waals surface area contributed by atoms with Gasteiger partial charge in [-0.2, -0.15) is 0 Å². The summed E-state index contributed by atoms with van der Waals surface area (Å²) >= 11 is 0. The molecule has 2 aromatic rings. The van der Waals surface area contributed by atoms with E-state index < -0.39 is 23.8 Å². The minimum Gasteiger partial charge on any atom is -0.493 e. The number of halogens is 3. The number of methoxy groups -OCH3 is 1. The van der Waals surface area contributed by atoms with E-state index in [4.69, 9.17) is 14.5 Å². The van der Waals surface area contributed by atoms with Crippen molar-refractivity contribution >= 4 is 11.8 Å². The third-order valence-corrected chi connectivity index (χ3v) is 8.78. The number of hydrogen-bond acceptors (Lipinski definition) is 7. The summed E-state index contributed by atoms with van der Waals surface area (Å²) in [6, 6.07) is 6.15. The second-order valence-corrected chi connectivity index (χ2v) is 12.0. The Morgan fingerprint density at radius 3 is 2.77 bits per heavy atom. The van der Waals surface area contributed by atoms with Gasteiger partial charge in [0.1, 0.15) is 11.9 Å². The molecule has 11 heteroatoms. The Labute approximate surface area is 251 Å². The van der Waals surface area contributed by atoms with Crippen LogP contribution in [0.15, 0.2) is 24.3 Å². The van der Waals surface area contributed by atoms with Crippen molar-refractivity contribution in [2.45, 2.75) is 82.4 Å². The molecule has 0 aliphatic carbocycles. The fourth-order valence-corrected chi connectivity index (χ4v) is 6.43. The van der Waals surface area contributed by atoms with Crippen LogP contribution in [0.4, 0.5) is 19.0 Å². The van der Waals surface area contributed by atoms with Crippen LogP contribution in [0.5, 0.6) is 5.75 Å². The summed E-state index contributed by atoms with van der Waals surface area (Å²) in [5.74, 6) is -3.50. The van der Waals surface area contributed by atoms with E-state index in [9.17, 15) is 18.7 Å². The van der Waals surface area contributed by atoms with Gasteiger partial charge in [0.25, 0.3) is 5.92 Å². The molecule has 3 aliphatic rings. The molecule has 2 atom stereocenters. The predicted molar refractivity (Wildman–Crippen MR) is 157 cm³/mol. The Kier molecular flexibility index (Phi) is 10.5. The van der Waals surface area contributed by atoms with Crippen molar-refractivity contribution in [3.63, 3.8) is 0 Å². The van der Waals surface area contributed by atoms with Crippen LogP contribution in [0.3, 0.4) is 0 Å². The third-order valence-electron chi connectivity index (χ3n) is 8.78. The van der Waals surface area contributed by atoms with Crippen molar-refractivity contribution < 1.29 is 32.5 Å². The molecule has 1 aromatic carbocycles. The van der Waals surface area contributed by atoms with E-state index in [1.807, 2.05) is 4.90 Å². The number of piperidine rings is 1. The van der Waals surface area contributed by atoms with Gasteiger partial charge in [-0.15, -0.1) is 0 Å². The van der Waals surface area contributed by atoms with E-state index in [0.717, 1.165) is 56.6 Å². The third kappa shape index (κ3) is 8.19. The minimum atomic E-state index is -2.67. The molecule has 0 bridgehead atoms. The number of unbranched alkanes of at least 4 members (excludes halogenated alkanes) is 2. The van der Waals surface area contributed by atoms with Gasteiger partial charge in [-0.1, -0.05) is 12.5 Å². The van der Waals surface area contributed by atoms with Gasteiger partial charge >= 0.3 is 5.97 Å². The van der Waals surface area contributed by atoms with E-state index in [-0.39, 0.29) is 49.9 Å². The maximum absolute atomic E-state index is 15.1. The quantitative estimate of drug-likeness (QED) is 0.292. The number of carboxylic acid groups (broad SMARTS) is 1. The molecule has 8 nitrogen and oxygen atoms in total. The van der Waals surface area contributed by atoms with Gasteiger partial charge in [0.05, 0.1) is 13.2 Å². The highest BCUT2D eigenvalue weighted by Gasteiger charge is 2.37. The number of benzene rings is 1. The Hall–Kier alpha value is -2.89. The zero-order valence-corrected chi connectivity index (χ0v) is 24.9. The number of alkyl halides is 2. The normalized spacial score (nSPS) is 21.3. The zero-order chi connectivity index (χ0) is 30.4. The number of ether oxygens (including phenoxy) is 2. The van der Waals surface area contributed by atoms with Crippen LogP contribution in [0.25, 0.3) is 0 Å². The van der Waals surface area contributed by atoms with Crippen LogP contribution in [0.2, 0.25) is 0 Å². The molecular weight excluding hydrogens is 561 g/mol. The van der Waals surface area contributed by atoms with Gasteiger partial charge in [0.15, 0.2) is 11.6 Å². The monoisotopic (exact) mass is 604 g/mol. The number of hydrogen-bond donors (Lipinski definition) is 2. The number of carbonyl (C=O) groups is 1. The summed E-state index contributed by atoms with van der Waals surface area (Å²) in [5.41, 5.74) is 3.17. The lowest BCUT2D eigenvalue weighted by atomic mass is 9.99. The summed E-state index contributed by atoms with van der Waals surface area (Å²) < 4.78 is 53.7. The highest BCUT2D eigenvalue weighted by atomic mass is 19.3. The standard InChI is InChI=1S/C32H43F3N4O4/c1-42-29-26(18-22(19-27(29)33)20-38-15-11-32(34,35)12-16-38)28(31(40)41)39-14-10-25(21-39)43-17-4-2-3-7-24-9-8-23-6-5-13-36-30(23)37-24/h8-9,18-19,25,28H,2-7,10-17,20-21H2,1H3,(H,36,37)(H,40,41)/t25-,28+/m1/s1. The molecule has 3 aliphatic heterocycles. The van der Waals surface area contributed by atoms with Crippen molar-refractivity contribution in [3.05, 3.63) is 52.5 Å². The highest BCUT2D eigenvalue weighted by molar-refractivity contribution is 5.77. The second-order valence-electron chi connectivity index (χ2n) is 12.0. The summed E-state index contributed by atoms with van der Waals surface area (Å²) in [7, 11) is 1.32. The van der Waals surface area contributed by atoms with Gasteiger partial charge in [0.2, 0.25) is 0 Å². The molecule has 43 heavy (non-hydrogen) atoms. The molecule has 1 aromatic heterocycles. The van der Waals surface area contributed by atoms with Crippen molar-refractivity contribution in [3.8, 4) is 5.75 Å². The molecule has 0 spiro atoms. The summed E-state index contributed by atoms with van der Waals surface area (Å²) in [4.78, 5) is 20.9. The molecule has 236 valence electrons. The van der Waals surface area contributed by atoms with Gasteiger partial charge in [-0.3, -0.25) is 14.6 Å². The predicted octanol–water partition coefficient (Wildman–Crippen LogP) is 5.45. The number of rotatable bonds is 13. The lowest BCUT2D eigenvalue weighted by Crippen LogP contribution is -2.39. The zero-order valence-electron chi connectivity index (χ0n) is 24.9. The molecule has 2 saturated heterocycles. The van der Waals surface area contributed by atoms with Crippen molar-refractivity contribution in [2.24, 2.45) is 0 Å². The number of carboxylic acids is 1. The van der Waals surface area contributed by atoms with E-state index >= 15 is 4.39 Å². The summed E-state index contributed by atoms with van der Waals surface area (Å²) in [6.45, 7) is 3.15. The number of nitrogens with zero attached hydrogens (tertiary/aromatic N) is 3. The van der Waals surface area contributed by atoms with Crippen LogP contribution in [0, 0.1) is 5.82 Å². The van der Waals surface area contributed by atoms with E-state index in [1.165, 1.54) is 18.7 Å². The molecule has 0 amide bonds. The average Bonchev–Trinajstić information content (AvgIpc) is 3.44. The number of pyridine rings is 1. The van der Waals surface area contributed by atoms with Gasteiger partial charge in [-0.25, -0.2) is 18.2 Å². The van der Waals surface area contributed by atoms with E-state index in [0.29, 0.717) is 31.7 Å². The number of likely N-dealkylation sites (tertiary alicyclic amines) is 2. The van der Waals surface area contributed by atoms with Crippen LogP contribution in [-0.4, -0.2) is 84.3 Å². The van der Waals surface area contributed by atoms with Crippen LogP contribution >= 0.6 is 0 Å². The Morgan fingerprint density at radius 1 is 1.19 bits per heavy atom. The number of aryl methyl sites for hydroxylation is 2. The first-order valence-electron chi connectivity index (χ1n) is 15.5. The van der Waals surface area contributed by atoms with Crippen molar-refractivity contribution in [1.29, 1.82) is 0 Å². The van der Waals surface area contributed by atoms with E-state index in [1.54, 1.807) is 11.0 Å². The van der Waals surface area contributed by atoms with E-state index in [2.05, 4.69) is 17.4 Å². The lowest BCUT2D eigenvalue weighted by Gasteiger charge is -2.32. The lowest BCUT2D eigenvalue weighted by molar-refractivity contribution is -0.143. The Bertz CT molecular complexity index is 1250. The molecule has 4 heterocycles. The van der Waals surface area contributed by atoms with Crippen molar-refractivity contribution in [2.75, 3.05) is 51.8 Å².